The molecule has 2 aromatic carbocycles. The fraction of sp³-hybridized carbons (Fsp3) is 0. The molecule has 0 aliphatic rings. The van der Waals surface area contributed by atoms with Crippen LogP contribution in [0, 0.1) is 21.7 Å². The van der Waals surface area contributed by atoms with Gasteiger partial charge in [0.25, 0.3) is 11.6 Å². The van der Waals surface area contributed by atoms with Crippen LogP contribution in [0.15, 0.2) is 36.4 Å². The molecule has 0 saturated heterocycles. The number of nitrogens with one attached hydrogen (secondary N) is 1. The molecule has 0 unspecified atom stereocenters. The Kier molecular flexibility index (Phi) is 4.13. The van der Waals surface area contributed by atoms with Gasteiger partial charge in [-0.05, 0) is 24.3 Å². The van der Waals surface area contributed by atoms with Crippen molar-refractivity contribution >= 4 is 28.9 Å². The SMILES string of the molecule is O=C(Nc1ccc(Cl)cc1[N+](=O)[O-])c1cccc(F)c1F. The molecule has 0 saturated carbocycles. The van der Waals surface area contributed by atoms with Gasteiger partial charge in [0, 0.05) is 11.1 Å². The number of nitro groups is 1. The number of halogens is 3. The first-order valence-electron chi connectivity index (χ1n) is 5.59. The largest absolute Gasteiger partial charge is 0.316 e. The van der Waals surface area contributed by atoms with E-state index in [2.05, 4.69) is 5.32 Å². The average Bonchev–Trinajstić information content (AvgIpc) is 2.43. The van der Waals surface area contributed by atoms with Gasteiger partial charge in [-0.1, -0.05) is 17.7 Å². The zero-order valence-electron chi connectivity index (χ0n) is 10.3. The molecule has 0 heterocycles. The van der Waals surface area contributed by atoms with Crippen molar-refractivity contribution in [3.63, 3.8) is 0 Å². The monoisotopic (exact) mass is 312 g/mol. The molecule has 21 heavy (non-hydrogen) atoms. The summed E-state index contributed by atoms with van der Waals surface area (Å²) in [5.41, 5.74) is -1.18. The van der Waals surface area contributed by atoms with Crippen molar-refractivity contribution in [3.05, 3.63) is 68.7 Å². The minimum Gasteiger partial charge on any atom is -0.316 e. The molecule has 1 amide bonds. The highest BCUT2D eigenvalue weighted by Gasteiger charge is 2.20. The van der Waals surface area contributed by atoms with Crippen LogP contribution in [-0.2, 0) is 0 Å². The van der Waals surface area contributed by atoms with Crippen LogP contribution in [-0.4, -0.2) is 10.8 Å². The van der Waals surface area contributed by atoms with Gasteiger partial charge in [0.1, 0.15) is 5.69 Å². The minimum atomic E-state index is -1.33. The Labute approximate surface area is 122 Å². The second-order valence-corrected chi connectivity index (χ2v) is 4.41. The molecule has 0 bridgehead atoms. The highest BCUT2D eigenvalue weighted by atomic mass is 35.5. The fourth-order valence-electron chi connectivity index (χ4n) is 1.63. The third-order valence-corrected chi connectivity index (χ3v) is 2.84. The molecule has 0 atom stereocenters. The Morgan fingerprint density at radius 2 is 1.95 bits per heavy atom. The van der Waals surface area contributed by atoms with Crippen LogP contribution in [0.4, 0.5) is 20.2 Å². The predicted molar refractivity (Wildman–Crippen MR) is 72.4 cm³/mol. The molecule has 0 aromatic heterocycles. The smallest absolute Gasteiger partial charge is 0.294 e. The van der Waals surface area contributed by atoms with E-state index in [0.29, 0.717) is 0 Å². The molecular formula is C13H7ClF2N2O3. The third-order valence-electron chi connectivity index (χ3n) is 2.60. The van der Waals surface area contributed by atoms with Gasteiger partial charge in [0.2, 0.25) is 0 Å². The van der Waals surface area contributed by atoms with E-state index in [0.717, 1.165) is 24.3 Å². The number of carbonyl (C=O) groups is 1. The first-order valence-corrected chi connectivity index (χ1v) is 5.97. The number of nitro benzene ring substituents is 1. The summed E-state index contributed by atoms with van der Waals surface area (Å²) in [4.78, 5) is 22.0. The lowest BCUT2D eigenvalue weighted by molar-refractivity contribution is -0.383. The number of benzene rings is 2. The molecule has 8 heteroatoms. The predicted octanol–water partition coefficient (Wildman–Crippen LogP) is 3.78. The summed E-state index contributed by atoms with van der Waals surface area (Å²) in [5, 5.41) is 13.1. The normalized spacial score (nSPS) is 10.2. The first kappa shape index (κ1) is 14.9. The van der Waals surface area contributed by atoms with Crippen LogP contribution in [0.25, 0.3) is 0 Å². The van der Waals surface area contributed by atoms with Gasteiger partial charge in [-0.15, -0.1) is 0 Å². The number of anilines is 1. The Hall–Kier alpha value is -2.54. The maximum Gasteiger partial charge on any atom is 0.294 e. The van der Waals surface area contributed by atoms with Crippen LogP contribution >= 0.6 is 11.6 Å². The molecule has 2 aromatic rings. The molecule has 0 aliphatic carbocycles. The van der Waals surface area contributed by atoms with Crippen molar-refractivity contribution in [1.82, 2.24) is 0 Å². The van der Waals surface area contributed by atoms with E-state index in [1.54, 1.807) is 0 Å². The van der Waals surface area contributed by atoms with Crippen LogP contribution in [0.2, 0.25) is 5.02 Å². The minimum absolute atomic E-state index is 0.108. The Balaban J connectivity index is 2.36. The average molecular weight is 313 g/mol. The van der Waals surface area contributed by atoms with Crippen molar-refractivity contribution in [2.45, 2.75) is 0 Å². The summed E-state index contributed by atoms with van der Waals surface area (Å²) in [6.45, 7) is 0. The number of carbonyl (C=O) groups excluding carboxylic acids is 1. The lowest BCUT2D eigenvalue weighted by atomic mass is 10.2. The van der Waals surface area contributed by atoms with E-state index >= 15 is 0 Å². The van der Waals surface area contributed by atoms with Gasteiger partial charge in [0.15, 0.2) is 11.6 Å². The lowest BCUT2D eigenvalue weighted by Crippen LogP contribution is -2.15. The summed E-state index contributed by atoms with van der Waals surface area (Å²) in [6.07, 6.45) is 0. The fourth-order valence-corrected chi connectivity index (χ4v) is 1.80. The zero-order chi connectivity index (χ0) is 15.6. The summed E-state index contributed by atoms with van der Waals surface area (Å²) in [5.74, 6) is -3.52. The Bertz CT molecular complexity index is 737. The highest BCUT2D eigenvalue weighted by Crippen LogP contribution is 2.28. The van der Waals surface area contributed by atoms with Gasteiger partial charge in [-0.3, -0.25) is 14.9 Å². The molecular weight excluding hydrogens is 306 g/mol. The molecule has 2 rings (SSSR count). The molecule has 0 fully saturated rings. The third kappa shape index (κ3) is 3.14. The van der Waals surface area contributed by atoms with E-state index < -0.39 is 33.7 Å². The Morgan fingerprint density at radius 1 is 1.24 bits per heavy atom. The molecule has 0 radical (unpaired) electrons. The number of rotatable bonds is 3. The molecule has 0 aliphatic heterocycles. The van der Waals surface area contributed by atoms with Crippen LogP contribution in [0.3, 0.4) is 0 Å². The summed E-state index contributed by atoms with van der Waals surface area (Å²) >= 11 is 5.63. The van der Waals surface area contributed by atoms with Crippen molar-refractivity contribution in [2.24, 2.45) is 0 Å². The maximum absolute atomic E-state index is 13.5. The van der Waals surface area contributed by atoms with E-state index in [9.17, 15) is 23.7 Å². The van der Waals surface area contributed by atoms with Crippen molar-refractivity contribution in [3.8, 4) is 0 Å². The van der Waals surface area contributed by atoms with Crippen LogP contribution in [0.1, 0.15) is 10.4 Å². The molecule has 108 valence electrons. The van der Waals surface area contributed by atoms with Gasteiger partial charge in [-0.2, -0.15) is 0 Å². The van der Waals surface area contributed by atoms with E-state index in [1.807, 2.05) is 0 Å². The first-order chi connectivity index (χ1) is 9.90. The second kappa shape index (κ2) is 5.84. The number of hydrogen-bond acceptors (Lipinski definition) is 3. The van der Waals surface area contributed by atoms with Crippen molar-refractivity contribution in [2.75, 3.05) is 5.32 Å². The quantitative estimate of drug-likeness (QED) is 0.692. The number of amides is 1. The summed E-state index contributed by atoms with van der Waals surface area (Å²) in [6, 6.07) is 6.65. The Morgan fingerprint density at radius 3 is 2.62 bits per heavy atom. The molecule has 5 nitrogen and oxygen atoms in total. The van der Waals surface area contributed by atoms with Crippen molar-refractivity contribution < 1.29 is 18.5 Å². The van der Waals surface area contributed by atoms with Crippen LogP contribution < -0.4 is 5.32 Å². The van der Waals surface area contributed by atoms with Gasteiger partial charge >= 0.3 is 0 Å². The van der Waals surface area contributed by atoms with Gasteiger partial charge < -0.3 is 5.32 Å². The highest BCUT2D eigenvalue weighted by molar-refractivity contribution is 6.31. The van der Waals surface area contributed by atoms with E-state index in [4.69, 9.17) is 11.6 Å². The zero-order valence-corrected chi connectivity index (χ0v) is 11.0. The lowest BCUT2D eigenvalue weighted by Gasteiger charge is -2.07. The summed E-state index contributed by atoms with van der Waals surface area (Å²) < 4.78 is 26.5. The van der Waals surface area contributed by atoms with E-state index in [-0.39, 0.29) is 10.7 Å². The summed E-state index contributed by atoms with van der Waals surface area (Å²) in [7, 11) is 0. The second-order valence-electron chi connectivity index (χ2n) is 3.97. The van der Waals surface area contributed by atoms with Crippen LogP contribution in [0.5, 0.6) is 0 Å². The topological polar surface area (TPSA) is 72.2 Å². The van der Waals surface area contributed by atoms with Gasteiger partial charge in [0.05, 0.1) is 10.5 Å². The standard InChI is InChI=1S/C13H7ClF2N2O3/c14-7-4-5-10(11(6-7)18(20)21)17-13(19)8-2-1-3-9(15)12(8)16/h1-6H,(H,17,19). The number of hydrogen-bond donors (Lipinski definition) is 1. The van der Waals surface area contributed by atoms with Gasteiger partial charge in [-0.25, -0.2) is 8.78 Å². The maximum atomic E-state index is 13.5. The van der Waals surface area contributed by atoms with E-state index in [1.165, 1.54) is 12.1 Å². The number of nitrogens with zero attached hydrogens (tertiary/aromatic N) is 1. The molecule has 0 spiro atoms. The molecule has 1 N–H and O–H groups in total. The van der Waals surface area contributed by atoms with Crippen molar-refractivity contribution in [1.29, 1.82) is 0 Å².